The van der Waals surface area contributed by atoms with E-state index in [9.17, 15) is 0 Å². The van der Waals surface area contributed by atoms with Gasteiger partial charge in [-0.15, -0.1) is 0 Å². The van der Waals surface area contributed by atoms with Crippen molar-refractivity contribution in [3.05, 3.63) is 59.7 Å². The highest BCUT2D eigenvalue weighted by Crippen LogP contribution is 2.29. The Bertz CT molecular complexity index is 710. The highest BCUT2D eigenvalue weighted by atomic mass is 16.5. The summed E-state index contributed by atoms with van der Waals surface area (Å²) < 4.78 is 17.3. The Hall–Kier alpha value is -2.04. The summed E-state index contributed by atoms with van der Waals surface area (Å²) in [6.45, 7) is 9.03. The van der Waals surface area contributed by atoms with Crippen LogP contribution in [0.25, 0.3) is 0 Å². The van der Waals surface area contributed by atoms with Crippen LogP contribution >= 0.6 is 0 Å². The topological polar surface area (TPSA) is 30.9 Å². The van der Waals surface area contributed by atoms with Crippen molar-refractivity contribution < 1.29 is 14.2 Å². The molecule has 0 saturated carbocycles. The smallest absolute Gasteiger partial charge is 0.125 e. The quantitative estimate of drug-likeness (QED) is 0.677. The summed E-state index contributed by atoms with van der Waals surface area (Å²) in [5.41, 5.74) is 2.45. The molecule has 2 aromatic rings. The summed E-state index contributed by atoms with van der Waals surface area (Å²) in [6.07, 6.45) is 0.921. The van der Waals surface area contributed by atoms with Crippen LogP contribution in [0, 0.1) is 0 Å². The van der Waals surface area contributed by atoms with E-state index in [1.165, 1.54) is 5.56 Å². The van der Waals surface area contributed by atoms with E-state index >= 15 is 0 Å². The van der Waals surface area contributed by atoms with Crippen molar-refractivity contribution in [1.82, 2.24) is 4.90 Å². The zero-order chi connectivity index (χ0) is 19.1. The molecule has 0 N–H and O–H groups in total. The SMILES string of the molecule is COc1cccc(C(CCN2CCOCC2)Oc2cccc(C(C)C)c2)c1. The number of rotatable bonds is 8. The molecule has 1 unspecified atom stereocenters. The third kappa shape index (κ3) is 5.72. The van der Waals surface area contributed by atoms with Gasteiger partial charge in [0.25, 0.3) is 0 Å². The molecule has 1 saturated heterocycles. The maximum absolute atomic E-state index is 6.47. The summed E-state index contributed by atoms with van der Waals surface area (Å²) in [5.74, 6) is 2.27. The molecule has 0 aliphatic carbocycles. The molecule has 1 atom stereocenters. The first-order chi connectivity index (χ1) is 13.2. The Morgan fingerprint density at radius 2 is 1.63 bits per heavy atom. The Morgan fingerprint density at radius 1 is 0.963 bits per heavy atom. The van der Waals surface area contributed by atoms with Crippen LogP contribution < -0.4 is 9.47 Å². The van der Waals surface area contributed by atoms with E-state index in [4.69, 9.17) is 14.2 Å². The van der Waals surface area contributed by atoms with Crippen LogP contribution in [-0.4, -0.2) is 44.9 Å². The number of ether oxygens (including phenoxy) is 3. The molecule has 3 rings (SSSR count). The molecule has 0 bridgehead atoms. The van der Waals surface area contributed by atoms with Gasteiger partial charge in [0, 0.05) is 26.1 Å². The van der Waals surface area contributed by atoms with E-state index in [0.717, 1.165) is 56.3 Å². The van der Waals surface area contributed by atoms with Crippen molar-refractivity contribution in [2.75, 3.05) is 40.0 Å². The van der Waals surface area contributed by atoms with Gasteiger partial charge in [0.1, 0.15) is 17.6 Å². The van der Waals surface area contributed by atoms with Gasteiger partial charge in [-0.05, 0) is 41.3 Å². The molecule has 4 nitrogen and oxygen atoms in total. The Morgan fingerprint density at radius 3 is 2.33 bits per heavy atom. The third-order valence-corrected chi connectivity index (χ3v) is 5.08. The van der Waals surface area contributed by atoms with Crippen LogP contribution in [0.2, 0.25) is 0 Å². The van der Waals surface area contributed by atoms with Crippen LogP contribution in [0.4, 0.5) is 0 Å². The number of nitrogens with zero attached hydrogens (tertiary/aromatic N) is 1. The number of morpholine rings is 1. The second kappa shape index (κ2) is 9.77. The predicted molar refractivity (Wildman–Crippen MR) is 109 cm³/mol. The van der Waals surface area contributed by atoms with Crippen LogP contribution in [0.15, 0.2) is 48.5 Å². The Labute approximate surface area is 163 Å². The zero-order valence-electron chi connectivity index (χ0n) is 16.7. The lowest BCUT2D eigenvalue weighted by Crippen LogP contribution is -2.37. The maximum atomic E-state index is 6.47. The molecular weight excluding hydrogens is 338 g/mol. The Kier molecular flexibility index (Phi) is 7.13. The van der Waals surface area contributed by atoms with Gasteiger partial charge in [-0.2, -0.15) is 0 Å². The third-order valence-electron chi connectivity index (χ3n) is 5.08. The minimum Gasteiger partial charge on any atom is -0.497 e. The summed E-state index contributed by atoms with van der Waals surface area (Å²) in [6, 6.07) is 16.7. The predicted octanol–water partition coefficient (Wildman–Crippen LogP) is 4.66. The van der Waals surface area contributed by atoms with E-state index < -0.39 is 0 Å². The molecule has 1 heterocycles. The molecule has 0 aromatic heterocycles. The molecule has 1 aliphatic rings. The number of hydrogen-bond donors (Lipinski definition) is 0. The second-order valence-electron chi connectivity index (χ2n) is 7.35. The molecule has 0 radical (unpaired) electrons. The first-order valence-electron chi connectivity index (χ1n) is 9.86. The zero-order valence-corrected chi connectivity index (χ0v) is 16.7. The van der Waals surface area contributed by atoms with E-state index in [0.29, 0.717) is 5.92 Å². The maximum Gasteiger partial charge on any atom is 0.125 e. The number of methoxy groups -OCH3 is 1. The van der Waals surface area contributed by atoms with Crippen molar-refractivity contribution in [3.8, 4) is 11.5 Å². The van der Waals surface area contributed by atoms with E-state index in [1.54, 1.807) is 7.11 Å². The van der Waals surface area contributed by atoms with Crippen molar-refractivity contribution >= 4 is 0 Å². The van der Waals surface area contributed by atoms with Crippen LogP contribution in [0.5, 0.6) is 11.5 Å². The molecule has 0 amide bonds. The van der Waals surface area contributed by atoms with Crippen molar-refractivity contribution in [1.29, 1.82) is 0 Å². The van der Waals surface area contributed by atoms with E-state index in [1.807, 2.05) is 18.2 Å². The fraction of sp³-hybridized carbons (Fsp3) is 0.478. The van der Waals surface area contributed by atoms with Gasteiger partial charge >= 0.3 is 0 Å². The summed E-state index contributed by atoms with van der Waals surface area (Å²) in [4.78, 5) is 2.45. The normalized spacial score (nSPS) is 16.3. The minimum atomic E-state index is -0.00893. The van der Waals surface area contributed by atoms with Gasteiger partial charge < -0.3 is 14.2 Å². The van der Waals surface area contributed by atoms with Gasteiger partial charge in [-0.25, -0.2) is 0 Å². The van der Waals surface area contributed by atoms with Gasteiger partial charge in [0.2, 0.25) is 0 Å². The van der Waals surface area contributed by atoms with Crippen LogP contribution in [0.1, 0.15) is 43.4 Å². The number of hydrogen-bond acceptors (Lipinski definition) is 4. The van der Waals surface area contributed by atoms with Gasteiger partial charge in [-0.3, -0.25) is 4.90 Å². The van der Waals surface area contributed by atoms with Gasteiger partial charge in [-0.1, -0.05) is 38.1 Å². The lowest BCUT2D eigenvalue weighted by atomic mass is 10.0. The molecule has 1 aliphatic heterocycles. The average molecular weight is 370 g/mol. The molecule has 146 valence electrons. The molecule has 27 heavy (non-hydrogen) atoms. The van der Waals surface area contributed by atoms with E-state index in [2.05, 4.69) is 49.1 Å². The van der Waals surface area contributed by atoms with E-state index in [-0.39, 0.29) is 6.10 Å². The molecule has 1 fully saturated rings. The largest absolute Gasteiger partial charge is 0.497 e. The average Bonchev–Trinajstić information content (AvgIpc) is 2.72. The van der Waals surface area contributed by atoms with Crippen molar-refractivity contribution in [3.63, 3.8) is 0 Å². The minimum absolute atomic E-state index is 0.00893. The molecule has 0 spiro atoms. The van der Waals surface area contributed by atoms with Crippen molar-refractivity contribution in [2.24, 2.45) is 0 Å². The molecule has 2 aromatic carbocycles. The molecule has 4 heteroatoms. The van der Waals surface area contributed by atoms with Gasteiger partial charge in [0.15, 0.2) is 0 Å². The summed E-state index contributed by atoms with van der Waals surface area (Å²) in [7, 11) is 1.70. The first kappa shape index (κ1) is 19.7. The van der Waals surface area contributed by atoms with Gasteiger partial charge in [0.05, 0.1) is 20.3 Å². The fourth-order valence-electron chi connectivity index (χ4n) is 3.37. The lowest BCUT2D eigenvalue weighted by molar-refractivity contribution is 0.0317. The monoisotopic (exact) mass is 369 g/mol. The lowest BCUT2D eigenvalue weighted by Gasteiger charge is -2.29. The highest BCUT2D eigenvalue weighted by Gasteiger charge is 2.18. The summed E-state index contributed by atoms with van der Waals surface area (Å²) in [5, 5.41) is 0. The second-order valence-corrected chi connectivity index (χ2v) is 7.35. The number of benzene rings is 2. The Balaban J connectivity index is 1.76. The van der Waals surface area contributed by atoms with Crippen LogP contribution in [0.3, 0.4) is 0 Å². The highest BCUT2D eigenvalue weighted by molar-refractivity contribution is 5.33. The standard InChI is InChI=1S/C23H31NO3/c1-18(2)19-6-4-9-22(16-19)27-23(10-11-24-12-14-26-15-13-24)20-7-5-8-21(17-20)25-3/h4-9,16-18,23H,10-15H2,1-3H3. The fourth-order valence-corrected chi connectivity index (χ4v) is 3.37. The van der Waals surface area contributed by atoms with Crippen LogP contribution in [-0.2, 0) is 4.74 Å². The molecular formula is C23H31NO3. The first-order valence-corrected chi connectivity index (χ1v) is 9.86. The van der Waals surface area contributed by atoms with Crippen molar-refractivity contribution in [2.45, 2.75) is 32.3 Å². The summed E-state index contributed by atoms with van der Waals surface area (Å²) >= 11 is 0.